The van der Waals surface area contributed by atoms with Crippen LogP contribution in [0.25, 0.3) is 66.6 Å². The topological polar surface area (TPSA) is 32.3 Å². The standard InChI is InChI=1S/C50H36N4/c1-53-48-46(54(42-23-12-5-13-24-42)50(53)37-19-10-4-11-20-37)30-28-36-25-26-40-31-39(27-29-43(40)47(36)48)38-21-14-22-41(32-38)49-51-44(34-15-6-2-7-16-34)33-45(52-49)35-17-8-3-9-18-35/h2-33,50H,1H3. The molecule has 0 bridgehead atoms. The van der Waals surface area contributed by atoms with Gasteiger partial charge in [-0.1, -0.05) is 158 Å². The number of hydrogen-bond acceptors (Lipinski definition) is 4. The quantitative estimate of drug-likeness (QED) is 0.162. The van der Waals surface area contributed by atoms with Crippen molar-refractivity contribution in [1.29, 1.82) is 0 Å². The zero-order chi connectivity index (χ0) is 36.0. The second-order valence-electron chi connectivity index (χ2n) is 13.9. The first-order valence-electron chi connectivity index (χ1n) is 18.4. The first-order chi connectivity index (χ1) is 26.7. The molecule has 0 spiro atoms. The minimum atomic E-state index is 0.0245. The van der Waals surface area contributed by atoms with E-state index in [1.165, 1.54) is 44.2 Å². The summed E-state index contributed by atoms with van der Waals surface area (Å²) in [6.45, 7) is 0. The van der Waals surface area contributed by atoms with Crippen molar-refractivity contribution in [3.05, 3.63) is 200 Å². The first kappa shape index (κ1) is 31.7. The average Bonchev–Trinajstić information content (AvgIpc) is 3.56. The Morgan fingerprint density at radius 3 is 1.69 bits per heavy atom. The molecule has 1 aliphatic heterocycles. The number of aromatic nitrogens is 2. The van der Waals surface area contributed by atoms with Crippen LogP contribution in [0, 0.1) is 0 Å². The summed E-state index contributed by atoms with van der Waals surface area (Å²) in [5, 5.41) is 4.94. The van der Waals surface area contributed by atoms with E-state index in [4.69, 9.17) is 9.97 Å². The van der Waals surface area contributed by atoms with Crippen LogP contribution in [0.3, 0.4) is 0 Å². The molecule has 1 atom stereocenters. The molecule has 9 aromatic rings. The van der Waals surface area contributed by atoms with Crippen LogP contribution in [-0.2, 0) is 0 Å². The lowest BCUT2D eigenvalue weighted by Gasteiger charge is -2.31. The van der Waals surface area contributed by atoms with Crippen LogP contribution in [0.1, 0.15) is 11.7 Å². The summed E-state index contributed by atoms with van der Waals surface area (Å²) < 4.78 is 0. The lowest BCUT2D eigenvalue weighted by molar-refractivity contribution is 0.720. The van der Waals surface area contributed by atoms with Gasteiger partial charge < -0.3 is 9.80 Å². The lowest BCUT2D eigenvalue weighted by atomic mass is 9.95. The molecule has 8 aromatic carbocycles. The van der Waals surface area contributed by atoms with E-state index in [0.29, 0.717) is 5.82 Å². The fourth-order valence-electron chi connectivity index (χ4n) is 8.08. The van der Waals surface area contributed by atoms with E-state index in [1.807, 2.05) is 12.1 Å². The highest BCUT2D eigenvalue weighted by Crippen LogP contribution is 2.53. The van der Waals surface area contributed by atoms with Crippen molar-refractivity contribution in [2.45, 2.75) is 6.17 Å². The van der Waals surface area contributed by atoms with E-state index in [-0.39, 0.29) is 6.17 Å². The van der Waals surface area contributed by atoms with E-state index in [2.05, 4.69) is 199 Å². The summed E-state index contributed by atoms with van der Waals surface area (Å²) in [6.07, 6.45) is 0.0245. The van der Waals surface area contributed by atoms with E-state index in [9.17, 15) is 0 Å². The predicted octanol–water partition coefficient (Wildman–Crippen LogP) is 12.7. The molecule has 2 heterocycles. The van der Waals surface area contributed by atoms with Gasteiger partial charge in [-0.3, -0.25) is 0 Å². The largest absolute Gasteiger partial charge is 0.348 e. The molecule has 0 radical (unpaired) electrons. The van der Waals surface area contributed by atoms with Crippen LogP contribution in [0.2, 0.25) is 0 Å². The number of rotatable bonds is 6. The molecule has 4 heteroatoms. The Balaban J connectivity index is 1.09. The molecule has 0 saturated carbocycles. The molecule has 0 N–H and O–H groups in total. The Morgan fingerprint density at radius 1 is 0.444 bits per heavy atom. The lowest BCUT2D eigenvalue weighted by Crippen LogP contribution is -2.30. The highest BCUT2D eigenvalue weighted by Gasteiger charge is 2.37. The summed E-state index contributed by atoms with van der Waals surface area (Å²) in [7, 11) is 2.23. The monoisotopic (exact) mass is 692 g/mol. The predicted molar refractivity (Wildman–Crippen MR) is 225 cm³/mol. The van der Waals surface area contributed by atoms with Crippen LogP contribution < -0.4 is 9.80 Å². The van der Waals surface area contributed by atoms with Gasteiger partial charge in [0.1, 0.15) is 6.17 Å². The summed E-state index contributed by atoms with van der Waals surface area (Å²) in [5.74, 6) is 0.707. The third kappa shape index (κ3) is 5.48. The number of benzene rings is 8. The molecule has 54 heavy (non-hydrogen) atoms. The first-order valence-corrected chi connectivity index (χ1v) is 18.4. The second kappa shape index (κ2) is 13.2. The Kier molecular flexibility index (Phi) is 7.73. The molecule has 1 aliphatic rings. The number of anilines is 3. The smallest absolute Gasteiger partial charge is 0.160 e. The molecule has 1 unspecified atom stereocenters. The van der Waals surface area contributed by atoms with Crippen LogP contribution in [0.5, 0.6) is 0 Å². The van der Waals surface area contributed by atoms with Gasteiger partial charge in [-0.15, -0.1) is 0 Å². The van der Waals surface area contributed by atoms with Crippen molar-refractivity contribution in [3.8, 4) is 45.0 Å². The number of para-hydroxylation sites is 1. The zero-order valence-electron chi connectivity index (χ0n) is 29.8. The summed E-state index contributed by atoms with van der Waals surface area (Å²) in [6, 6.07) is 68.9. The number of fused-ring (bicyclic) bond motifs is 5. The summed E-state index contributed by atoms with van der Waals surface area (Å²) in [4.78, 5) is 15.1. The van der Waals surface area contributed by atoms with Gasteiger partial charge in [-0.05, 0) is 69.2 Å². The second-order valence-corrected chi connectivity index (χ2v) is 13.9. The molecule has 256 valence electrons. The molecule has 4 nitrogen and oxygen atoms in total. The van der Waals surface area contributed by atoms with Crippen molar-refractivity contribution in [3.63, 3.8) is 0 Å². The van der Waals surface area contributed by atoms with Crippen LogP contribution in [0.4, 0.5) is 17.1 Å². The molecular weight excluding hydrogens is 657 g/mol. The molecule has 0 saturated heterocycles. The third-order valence-electron chi connectivity index (χ3n) is 10.6. The Bertz CT molecular complexity index is 2730. The van der Waals surface area contributed by atoms with E-state index in [1.54, 1.807) is 0 Å². The van der Waals surface area contributed by atoms with Gasteiger partial charge in [0.05, 0.1) is 22.8 Å². The van der Waals surface area contributed by atoms with Crippen LogP contribution in [-0.4, -0.2) is 17.0 Å². The van der Waals surface area contributed by atoms with Crippen molar-refractivity contribution >= 4 is 38.6 Å². The van der Waals surface area contributed by atoms with Crippen molar-refractivity contribution in [2.24, 2.45) is 0 Å². The Labute approximate surface area is 315 Å². The fourth-order valence-corrected chi connectivity index (χ4v) is 8.08. The van der Waals surface area contributed by atoms with E-state index < -0.39 is 0 Å². The van der Waals surface area contributed by atoms with Gasteiger partial charge in [0.15, 0.2) is 5.82 Å². The highest BCUT2D eigenvalue weighted by molar-refractivity contribution is 6.18. The maximum Gasteiger partial charge on any atom is 0.160 e. The molecule has 0 amide bonds. The Morgan fingerprint density at radius 2 is 1.00 bits per heavy atom. The minimum absolute atomic E-state index is 0.0245. The van der Waals surface area contributed by atoms with Crippen LogP contribution in [0.15, 0.2) is 194 Å². The van der Waals surface area contributed by atoms with Crippen molar-refractivity contribution in [1.82, 2.24) is 9.97 Å². The molecule has 0 aliphatic carbocycles. The average molecular weight is 693 g/mol. The normalized spacial score (nSPS) is 13.8. The summed E-state index contributed by atoms with van der Waals surface area (Å²) in [5.41, 5.74) is 12.1. The summed E-state index contributed by atoms with van der Waals surface area (Å²) >= 11 is 0. The fraction of sp³-hybridized carbons (Fsp3) is 0.0400. The molecular formula is C50H36N4. The van der Waals surface area contributed by atoms with Gasteiger partial charge in [-0.25, -0.2) is 9.97 Å². The van der Waals surface area contributed by atoms with Crippen molar-refractivity contribution in [2.75, 3.05) is 16.8 Å². The van der Waals surface area contributed by atoms with E-state index >= 15 is 0 Å². The Hall–Kier alpha value is -7.04. The highest BCUT2D eigenvalue weighted by atomic mass is 15.4. The molecule has 1 aromatic heterocycles. The van der Waals surface area contributed by atoms with Gasteiger partial charge >= 0.3 is 0 Å². The molecule has 10 rings (SSSR count). The maximum absolute atomic E-state index is 5.09. The van der Waals surface area contributed by atoms with E-state index in [0.717, 1.165) is 39.2 Å². The van der Waals surface area contributed by atoms with Crippen molar-refractivity contribution < 1.29 is 0 Å². The maximum atomic E-state index is 5.09. The third-order valence-corrected chi connectivity index (χ3v) is 10.6. The zero-order valence-corrected chi connectivity index (χ0v) is 29.8. The minimum Gasteiger partial charge on any atom is -0.348 e. The van der Waals surface area contributed by atoms with Gasteiger partial charge in [0.25, 0.3) is 0 Å². The molecule has 0 fully saturated rings. The number of hydrogen-bond donors (Lipinski definition) is 0. The number of nitrogens with zero attached hydrogens (tertiary/aromatic N) is 4. The van der Waals surface area contributed by atoms with Gasteiger partial charge in [-0.2, -0.15) is 0 Å². The SMILES string of the molecule is CN1c2c(ccc3ccc4cc(-c5cccc(-c6nc(-c7ccccc7)cc(-c7ccccc7)n6)c5)ccc4c23)N(c2ccccc2)C1c1ccccc1. The van der Waals surface area contributed by atoms with Gasteiger partial charge in [0.2, 0.25) is 0 Å². The van der Waals surface area contributed by atoms with Crippen LogP contribution >= 0.6 is 0 Å². The van der Waals surface area contributed by atoms with Gasteiger partial charge in [0, 0.05) is 34.8 Å².